The van der Waals surface area contributed by atoms with Crippen LogP contribution in [-0.4, -0.2) is 32.3 Å². The van der Waals surface area contributed by atoms with Gasteiger partial charge in [0.15, 0.2) is 0 Å². The fraction of sp³-hybridized carbons (Fsp3) is 0.900. The van der Waals surface area contributed by atoms with E-state index in [1.807, 2.05) is 0 Å². The van der Waals surface area contributed by atoms with Gasteiger partial charge in [0.05, 0.1) is 0 Å². The molecule has 0 aromatic rings. The molecule has 0 bridgehead atoms. The standard InChI is InChI=1S/C10H21O4P/c1-9(2,3)15(14,10(4,5)6)8(13)7(11)12/h8,13H,1-6H3,(H,11,12). The Balaban J connectivity index is 5.66. The lowest BCUT2D eigenvalue weighted by molar-refractivity contribution is -0.142. The smallest absolute Gasteiger partial charge is 0.340 e. The van der Waals surface area contributed by atoms with Crippen LogP contribution in [0.4, 0.5) is 0 Å². The van der Waals surface area contributed by atoms with E-state index in [0.29, 0.717) is 0 Å². The third kappa shape index (κ3) is 2.43. The molecule has 15 heavy (non-hydrogen) atoms. The van der Waals surface area contributed by atoms with Gasteiger partial charge in [0.1, 0.15) is 7.14 Å². The first kappa shape index (κ1) is 14.7. The van der Waals surface area contributed by atoms with Gasteiger partial charge in [-0.25, -0.2) is 4.79 Å². The van der Waals surface area contributed by atoms with Gasteiger partial charge in [-0.05, 0) is 0 Å². The van der Waals surface area contributed by atoms with Crippen molar-refractivity contribution in [2.24, 2.45) is 0 Å². The van der Waals surface area contributed by atoms with Crippen LogP contribution in [0.1, 0.15) is 41.5 Å². The Morgan fingerprint density at radius 1 is 1.07 bits per heavy atom. The Morgan fingerprint density at radius 2 is 1.33 bits per heavy atom. The second-order valence-corrected chi connectivity index (χ2v) is 10.2. The summed E-state index contributed by atoms with van der Waals surface area (Å²) in [5.41, 5.74) is 0. The molecule has 1 atom stereocenters. The first-order valence-corrected chi connectivity index (χ1v) is 6.64. The number of carboxylic acid groups (broad SMARTS) is 1. The average Bonchev–Trinajstić information content (AvgIpc) is 1.96. The van der Waals surface area contributed by atoms with Gasteiger partial charge in [0.2, 0.25) is 5.85 Å². The molecule has 2 N–H and O–H groups in total. The summed E-state index contributed by atoms with van der Waals surface area (Å²) in [4.78, 5) is 10.8. The van der Waals surface area contributed by atoms with Crippen molar-refractivity contribution in [1.82, 2.24) is 0 Å². The maximum absolute atomic E-state index is 12.8. The van der Waals surface area contributed by atoms with Crippen LogP contribution in [0.25, 0.3) is 0 Å². The molecule has 5 heteroatoms. The summed E-state index contributed by atoms with van der Waals surface area (Å²) in [6.45, 7) is 10.2. The molecule has 0 radical (unpaired) electrons. The Hall–Kier alpha value is -0.340. The molecule has 1 unspecified atom stereocenters. The summed E-state index contributed by atoms with van der Waals surface area (Å²) in [5.74, 6) is -3.21. The predicted molar refractivity (Wildman–Crippen MR) is 60.8 cm³/mol. The Bertz CT molecular complexity index is 278. The van der Waals surface area contributed by atoms with Crippen LogP contribution >= 0.6 is 7.14 Å². The summed E-state index contributed by atoms with van der Waals surface area (Å²) < 4.78 is 12.8. The van der Waals surface area contributed by atoms with Crippen molar-refractivity contribution < 1.29 is 19.6 Å². The quantitative estimate of drug-likeness (QED) is 0.722. The van der Waals surface area contributed by atoms with Crippen LogP contribution < -0.4 is 0 Å². The van der Waals surface area contributed by atoms with E-state index in [2.05, 4.69) is 0 Å². The minimum atomic E-state index is -3.28. The van der Waals surface area contributed by atoms with Crippen LogP contribution in [0, 0.1) is 0 Å². The van der Waals surface area contributed by atoms with Gasteiger partial charge in [0.25, 0.3) is 0 Å². The average molecular weight is 236 g/mol. The maximum atomic E-state index is 12.8. The van der Waals surface area contributed by atoms with Crippen molar-refractivity contribution in [3.05, 3.63) is 0 Å². The number of carbonyl (C=O) groups is 1. The second kappa shape index (κ2) is 3.91. The molecule has 0 spiro atoms. The summed E-state index contributed by atoms with van der Waals surface area (Å²) in [6.07, 6.45) is 0. The Kier molecular flexibility index (Phi) is 3.82. The van der Waals surface area contributed by atoms with Gasteiger partial charge in [0, 0.05) is 10.3 Å². The third-order valence-electron chi connectivity index (χ3n) is 2.56. The van der Waals surface area contributed by atoms with Crippen molar-refractivity contribution in [3.63, 3.8) is 0 Å². The first-order valence-electron chi connectivity index (χ1n) is 4.86. The molecule has 0 fully saturated rings. The van der Waals surface area contributed by atoms with Crippen molar-refractivity contribution in [3.8, 4) is 0 Å². The van der Waals surface area contributed by atoms with E-state index in [1.165, 1.54) is 0 Å². The molecular weight excluding hydrogens is 215 g/mol. The molecule has 0 aromatic carbocycles. The van der Waals surface area contributed by atoms with Crippen LogP contribution in [-0.2, 0) is 9.36 Å². The number of carboxylic acids is 1. The van der Waals surface area contributed by atoms with Crippen molar-refractivity contribution in [2.75, 3.05) is 0 Å². The fourth-order valence-corrected chi connectivity index (χ4v) is 5.69. The first-order chi connectivity index (χ1) is 6.35. The number of aliphatic hydroxyl groups is 1. The van der Waals surface area contributed by atoms with Gasteiger partial charge in [-0.1, -0.05) is 41.5 Å². The Labute approximate surface area is 91.1 Å². The topological polar surface area (TPSA) is 74.6 Å². The van der Waals surface area contributed by atoms with Gasteiger partial charge in [-0.3, -0.25) is 0 Å². The number of aliphatic hydroxyl groups excluding tert-OH is 1. The Morgan fingerprint density at radius 3 is 1.40 bits per heavy atom. The van der Waals surface area contributed by atoms with E-state index >= 15 is 0 Å². The highest BCUT2D eigenvalue weighted by molar-refractivity contribution is 7.68. The highest BCUT2D eigenvalue weighted by Crippen LogP contribution is 2.69. The summed E-state index contributed by atoms with van der Waals surface area (Å²) in [6, 6.07) is 0. The van der Waals surface area contributed by atoms with Gasteiger partial charge in [-0.2, -0.15) is 0 Å². The molecule has 0 aliphatic carbocycles. The van der Waals surface area contributed by atoms with Crippen molar-refractivity contribution >= 4 is 13.1 Å². The highest BCUT2D eigenvalue weighted by Gasteiger charge is 2.53. The van der Waals surface area contributed by atoms with Crippen LogP contribution in [0.5, 0.6) is 0 Å². The van der Waals surface area contributed by atoms with E-state index in [9.17, 15) is 14.5 Å². The lowest BCUT2D eigenvalue weighted by Gasteiger charge is -2.42. The summed E-state index contributed by atoms with van der Waals surface area (Å²) in [5, 5.41) is 17.0. The second-order valence-electron chi connectivity index (χ2n) is 5.71. The molecule has 0 aliphatic rings. The SMILES string of the molecule is CC(C)(C)P(=O)(C(O)C(=O)O)C(C)(C)C. The van der Waals surface area contributed by atoms with E-state index in [-0.39, 0.29) is 0 Å². The molecule has 0 aromatic heterocycles. The van der Waals surface area contributed by atoms with E-state index < -0.39 is 29.3 Å². The van der Waals surface area contributed by atoms with E-state index in [1.54, 1.807) is 41.5 Å². The van der Waals surface area contributed by atoms with Crippen LogP contribution in [0.2, 0.25) is 0 Å². The molecule has 0 saturated heterocycles. The van der Waals surface area contributed by atoms with E-state index in [4.69, 9.17) is 5.11 Å². The monoisotopic (exact) mass is 236 g/mol. The number of hydrogen-bond donors (Lipinski definition) is 2. The highest BCUT2D eigenvalue weighted by atomic mass is 31.2. The predicted octanol–water partition coefficient (Wildman–Crippen LogP) is 2.35. The number of hydrogen-bond acceptors (Lipinski definition) is 3. The minimum Gasteiger partial charge on any atom is -0.479 e. The lowest BCUT2D eigenvalue weighted by atomic mass is 10.2. The zero-order valence-corrected chi connectivity index (χ0v) is 11.1. The van der Waals surface area contributed by atoms with E-state index in [0.717, 1.165) is 0 Å². The van der Waals surface area contributed by atoms with Gasteiger partial charge < -0.3 is 14.8 Å². The largest absolute Gasteiger partial charge is 0.479 e. The van der Waals surface area contributed by atoms with Crippen LogP contribution in [0.15, 0.2) is 0 Å². The zero-order valence-electron chi connectivity index (χ0n) is 10.2. The number of rotatable bonds is 2. The molecule has 0 amide bonds. The molecule has 0 rings (SSSR count). The minimum absolute atomic E-state index is 0.733. The fourth-order valence-electron chi connectivity index (χ4n) is 1.90. The molecule has 0 heterocycles. The van der Waals surface area contributed by atoms with Crippen molar-refractivity contribution in [2.45, 2.75) is 57.7 Å². The summed E-state index contributed by atoms with van der Waals surface area (Å²) in [7, 11) is -3.28. The van der Waals surface area contributed by atoms with Gasteiger partial charge in [-0.15, -0.1) is 0 Å². The number of aliphatic carboxylic acids is 1. The molecule has 90 valence electrons. The van der Waals surface area contributed by atoms with Gasteiger partial charge >= 0.3 is 5.97 Å². The normalized spacial score (nSPS) is 16.2. The lowest BCUT2D eigenvalue weighted by Crippen LogP contribution is -2.38. The molecular formula is C10H21O4P. The molecule has 0 aliphatic heterocycles. The molecule has 0 saturated carbocycles. The maximum Gasteiger partial charge on any atom is 0.340 e. The zero-order chi connectivity index (χ0) is 12.7. The summed E-state index contributed by atoms with van der Waals surface area (Å²) >= 11 is 0. The van der Waals surface area contributed by atoms with Crippen molar-refractivity contribution in [1.29, 1.82) is 0 Å². The van der Waals surface area contributed by atoms with Crippen LogP contribution in [0.3, 0.4) is 0 Å². The molecule has 4 nitrogen and oxygen atoms in total. The third-order valence-corrected chi connectivity index (χ3v) is 7.45.